The Balaban J connectivity index is 2.03. The molecule has 0 aliphatic heterocycles. The van der Waals surface area contributed by atoms with Gasteiger partial charge in [-0.3, -0.25) is 0 Å². The minimum Gasteiger partial charge on any atom is -0.207 e. The summed E-state index contributed by atoms with van der Waals surface area (Å²) in [4.78, 5) is 0. The first kappa shape index (κ1) is 15.8. The van der Waals surface area contributed by atoms with Crippen molar-refractivity contribution in [2.24, 2.45) is 16.7 Å². The van der Waals surface area contributed by atoms with E-state index in [2.05, 4.69) is 20.8 Å². The number of benzene rings is 1. The Morgan fingerprint density at radius 1 is 1.15 bits per heavy atom. The van der Waals surface area contributed by atoms with Crippen LogP contribution in [0.3, 0.4) is 0 Å². The Morgan fingerprint density at radius 2 is 1.70 bits per heavy atom. The van der Waals surface area contributed by atoms with Crippen molar-refractivity contribution in [3.05, 3.63) is 35.6 Å². The van der Waals surface area contributed by atoms with E-state index in [0.717, 1.165) is 12.3 Å². The summed E-state index contributed by atoms with van der Waals surface area (Å²) in [6, 6.07) is 6.91. The van der Waals surface area contributed by atoms with E-state index >= 15 is 0 Å². The Morgan fingerprint density at radius 3 is 2.15 bits per heavy atom. The standard InChI is InChI=1S/C18H26ClF/c1-17(2,3)15-8-10-18(13-19,11-9-15)12-14-4-6-16(20)7-5-14/h4-7,15H,8-13H2,1-3H3. The molecule has 2 rings (SSSR count). The summed E-state index contributed by atoms with van der Waals surface area (Å²) >= 11 is 6.31. The van der Waals surface area contributed by atoms with Crippen molar-refractivity contribution < 1.29 is 4.39 Å². The van der Waals surface area contributed by atoms with Crippen LogP contribution in [0.25, 0.3) is 0 Å². The van der Waals surface area contributed by atoms with Crippen molar-refractivity contribution >= 4 is 11.6 Å². The van der Waals surface area contributed by atoms with Gasteiger partial charge < -0.3 is 0 Å². The van der Waals surface area contributed by atoms with Crippen LogP contribution < -0.4 is 0 Å². The third-order valence-electron chi connectivity index (χ3n) is 5.05. The number of hydrogen-bond donors (Lipinski definition) is 0. The summed E-state index contributed by atoms with van der Waals surface area (Å²) in [5.41, 5.74) is 1.82. The minimum atomic E-state index is -0.162. The van der Waals surface area contributed by atoms with Crippen LogP contribution in [0.1, 0.15) is 52.0 Å². The molecule has 0 saturated heterocycles. The van der Waals surface area contributed by atoms with Gasteiger partial charge in [-0.2, -0.15) is 0 Å². The molecule has 2 heteroatoms. The first-order valence-electron chi connectivity index (χ1n) is 7.65. The predicted octanol–water partition coefficient (Wildman–Crippen LogP) is 5.83. The zero-order chi connectivity index (χ0) is 14.8. The molecule has 0 aromatic heterocycles. The normalized spacial score (nSPS) is 27.6. The lowest BCUT2D eigenvalue weighted by Crippen LogP contribution is -2.35. The average Bonchev–Trinajstić information content (AvgIpc) is 2.41. The smallest absolute Gasteiger partial charge is 0.123 e. The highest BCUT2D eigenvalue weighted by Crippen LogP contribution is 2.47. The molecule has 0 radical (unpaired) electrons. The zero-order valence-electron chi connectivity index (χ0n) is 12.9. The SMILES string of the molecule is CC(C)(C)C1CCC(CCl)(Cc2ccc(F)cc2)CC1. The quantitative estimate of drug-likeness (QED) is 0.616. The van der Waals surface area contributed by atoms with E-state index in [9.17, 15) is 4.39 Å². The molecule has 1 aliphatic carbocycles. The van der Waals surface area contributed by atoms with Gasteiger partial charge in [0.15, 0.2) is 0 Å². The largest absolute Gasteiger partial charge is 0.207 e. The fraction of sp³-hybridized carbons (Fsp3) is 0.667. The molecule has 112 valence electrons. The molecule has 0 bridgehead atoms. The highest BCUT2D eigenvalue weighted by Gasteiger charge is 2.38. The van der Waals surface area contributed by atoms with Crippen molar-refractivity contribution in [1.82, 2.24) is 0 Å². The molecule has 0 unspecified atom stereocenters. The minimum absolute atomic E-state index is 0.162. The molecule has 1 aliphatic rings. The maximum atomic E-state index is 13.0. The van der Waals surface area contributed by atoms with Crippen LogP contribution in [0.4, 0.5) is 4.39 Å². The van der Waals surface area contributed by atoms with Gasteiger partial charge in [0.2, 0.25) is 0 Å². The Kier molecular flexibility index (Phi) is 4.79. The second-order valence-electron chi connectivity index (χ2n) is 7.58. The lowest BCUT2D eigenvalue weighted by atomic mass is 9.63. The van der Waals surface area contributed by atoms with Crippen molar-refractivity contribution in [2.45, 2.75) is 52.9 Å². The number of hydrogen-bond acceptors (Lipinski definition) is 0. The predicted molar refractivity (Wildman–Crippen MR) is 84.7 cm³/mol. The molecule has 0 heterocycles. The van der Waals surface area contributed by atoms with Crippen LogP contribution >= 0.6 is 11.6 Å². The molecule has 0 atom stereocenters. The average molecular weight is 297 g/mol. The van der Waals surface area contributed by atoms with E-state index in [0.29, 0.717) is 11.3 Å². The summed E-state index contributed by atoms with van der Waals surface area (Å²) in [6.45, 7) is 7.02. The van der Waals surface area contributed by atoms with E-state index in [1.165, 1.54) is 31.2 Å². The highest BCUT2D eigenvalue weighted by molar-refractivity contribution is 6.18. The third kappa shape index (κ3) is 3.75. The molecule has 1 aromatic rings. The van der Waals surface area contributed by atoms with E-state index in [1.807, 2.05) is 12.1 Å². The van der Waals surface area contributed by atoms with Crippen LogP contribution in [0.15, 0.2) is 24.3 Å². The summed E-state index contributed by atoms with van der Waals surface area (Å²) < 4.78 is 13.0. The number of alkyl halides is 1. The fourth-order valence-electron chi connectivity index (χ4n) is 3.49. The molecular formula is C18H26ClF. The molecule has 0 amide bonds. The van der Waals surface area contributed by atoms with Crippen LogP contribution in [-0.4, -0.2) is 5.88 Å². The van der Waals surface area contributed by atoms with Crippen LogP contribution in [0.2, 0.25) is 0 Å². The van der Waals surface area contributed by atoms with Gasteiger partial charge in [0, 0.05) is 5.88 Å². The second-order valence-corrected chi connectivity index (χ2v) is 7.84. The van der Waals surface area contributed by atoms with Crippen molar-refractivity contribution in [2.75, 3.05) is 5.88 Å². The van der Waals surface area contributed by atoms with E-state index in [4.69, 9.17) is 11.6 Å². The van der Waals surface area contributed by atoms with Crippen molar-refractivity contribution in [3.63, 3.8) is 0 Å². The molecular weight excluding hydrogens is 271 g/mol. The molecule has 1 aromatic carbocycles. The van der Waals surface area contributed by atoms with Crippen molar-refractivity contribution in [1.29, 1.82) is 0 Å². The van der Waals surface area contributed by atoms with Crippen LogP contribution in [0.5, 0.6) is 0 Å². The van der Waals surface area contributed by atoms with E-state index < -0.39 is 0 Å². The fourth-order valence-corrected chi connectivity index (χ4v) is 3.85. The van der Waals surface area contributed by atoms with E-state index in [1.54, 1.807) is 12.1 Å². The topological polar surface area (TPSA) is 0 Å². The first-order chi connectivity index (χ1) is 9.35. The summed E-state index contributed by atoms with van der Waals surface area (Å²) in [5.74, 6) is 1.35. The molecule has 0 nitrogen and oxygen atoms in total. The van der Waals surface area contributed by atoms with Gasteiger partial charge in [-0.1, -0.05) is 32.9 Å². The maximum Gasteiger partial charge on any atom is 0.123 e. The Labute approximate surface area is 127 Å². The maximum absolute atomic E-state index is 13.0. The molecule has 1 saturated carbocycles. The Bertz CT molecular complexity index is 422. The second kappa shape index (κ2) is 6.05. The Hall–Kier alpha value is -0.560. The molecule has 0 spiro atoms. The van der Waals surface area contributed by atoms with Gasteiger partial charge in [0.1, 0.15) is 5.82 Å². The lowest BCUT2D eigenvalue weighted by molar-refractivity contribution is 0.102. The third-order valence-corrected chi connectivity index (χ3v) is 5.61. The summed E-state index contributed by atoms with van der Waals surface area (Å²) in [7, 11) is 0. The molecule has 0 N–H and O–H groups in total. The summed E-state index contributed by atoms with van der Waals surface area (Å²) in [6.07, 6.45) is 5.88. The monoisotopic (exact) mass is 296 g/mol. The van der Waals surface area contributed by atoms with Gasteiger partial charge in [-0.25, -0.2) is 4.39 Å². The van der Waals surface area contributed by atoms with Gasteiger partial charge in [0.05, 0.1) is 0 Å². The first-order valence-corrected chi connectivity index (χ1v) is 8.19. The van der Waals surface area contributed by atoms with Crippen molar-refractivity contribution in [3.8, 4) is 0 Å². The van der Waals surface area contributed by atoms with Crippen LogP contribution in [-0.2, 0) is 6.42 Å². The highest BCUT2D eigenvalue weighted by atomic mass is 35.5. The zero-order valence-corrected chi connectivity index (χ0v) is 13.6. The number of rotatable bonds is 3. The molecule has 1 fully saturated rings. The van der Waals surface area contributed by atoms with Gasteiger partial charge in [-0.15, -0.1) is 11.6 Å². The lowest BCUT2D eigenvalue weighted by Gasteiger charge is -2.43. The van der Waals surface area contributed by atoms with E-state index in [-0.39, 0.29) is 11.2 Å². The van der Waals surface area contributed by atoms with Crippen LogP contribution in [0, 0.1) is 22.6 Å². The molecule has 20 heavy (non-hydrogen) atoms. The number of halogens is 2. The van der Waals surface area contributed by atoms with Gasteiger partial charge in [0.25, 0.3) is 0 Å². The van der Waals surface area contributed by atoms with Gasteiger partial charge >= 0.3 is 0 Å². The van der Waals surface area contributed by atoms with Gasteiger partial charge in [-0.05, 0) is 66.5 Å². The summed E-state index contributed by atoms with van der Waals surface area (Å²) in [5, 5.41) is 0.